The lowest BCUT2D eigenvalue weighted by Crippen LogP contribution is -2.52. The number of halogens is 3. The van der Waals surface area contributed by atoms with Crippen molar-refractivity contribution in [3.63, 3.8) is 0 Å². The van der Waals surface area contributed by atoms with Gasteiger partial charge in [0.2, 0.25) is 0 Å². The second-order valence-electron chi connectivity index (χ2n) is 5.53. The van der Waals surface area contributed by atoms with Gasteiger partial charge >= 0.3 is 0 Å². The average Bonchev–Trinajstić information content (AvgIpc) is 2.27. The molecular weight excluding hydrogens is 272 g/mol. The van der Waals surface area contributed by atoms with Gasteiger partial charge in [-0.2, -0.15) is 0 Å². The van der Waals surface area contributed by atoms with Crippen LogP contribution in [-0.4, -0.2) is 19.2 Å². The summed E-state index contributed by atoms with van der Waals surface area (Å²) in [6, 6.07) is 3.35. The summed E-state index contributed by atoms with van der Waals surface area (Å²) in [4.78, 5) is 0. The first-order valence-corrected chi connectivity index (χ1v) is 6.49. The van der Waals surface area contributed by atoms with E-state index in [1.54, 1.807) is 0 Å². The van der Waals surface area contributed by atoms with Crippen molar-refractivity contribution >= 4 is 12.4 Å². The fraction of sp³-hybridized carbons (Fsp3) is 0.571. The second-order valence-corrected chi connectivity index (χ2v) is 5.53. The normalized spacial score (nSPS) is 29.5. The smallest absolute Gasteiger partial charge is 0.129 e. The highest BCUT2D eigenvalue weighted by molar-refractivity contribution is 5.85. The lowest BCUT2D eigenvalue weighted by molar-refractivity contribution is -0.0302. The molecule has 1 aromatic carbocycles. The number of rotatable bonds is 2. The number of hydrogen-bond donors (Lipinski definition) is 1. The van der Waals surface area contributed by atoms with Crippen molar-refractivity contribution in [2.24, 2.45) is 5.41 Å². The van der Waals surface area contributed by atoms with Crippen molar-refractivity contribution in [1.82, 2.24) is 5.32 Å². The van der Waals surface area contributed by atoms with E-state index in [9.17, 15) is 8.78 Å². The summed E-state index contributed by atoms with van der Waals surface area (Å²) in [5.74, 6) is -0.868. The summed E-state index contributed by atoms with van der Waals surface area (Å²) in [7, 11) is 0. The van der Waals surface area contributed by atoms with Crippen LogP contribution < -0.4 is 10.1 Å². The zero-order valence-electron chi connectivity index (χ0n) is 10.6. The SMILES string of the molecule is Cl.Fc1cc(F)cc(OC2CC3(CCCNC3)C2)c1. The molecule has 3 rings (SSSR count). The van der Waals surface area contributed by atoms with Crippen molar-refractivity contribution in [2.45, 2.75) is 31.8 Å². The van der Waals surface area contributed by atoms with Crippen molar-refractivity contribution in [3.05, 3.63) is 29.8 Å². The molecule has 1 aromatic rings. The highest BCUT2D eigenvalue weighted by Crippen LogP contribution is 2.47. The van der Waals surface area contributed by atoms with Crippen LogP contribution in [0.2, 0.25) is 0 Å². The maximum atomic E-state index is 13.0. The Balaban J connectivity index is 0.00000133. The van der Waals surface area contributed by atoms with E-state index in [2.05, 4.69) is 5.32 Å². The minimum absolute atomic E-state index is 0. The second kappa shape index (κ2) is 5.63. The van der Waals surface area contributed by atoms with Gasteiger partial charge in [0.05, 0.1) is 6.10 Å². The van der Waals surface area contributed by atoms with E-state index in [1.165, 1.54) is 25.0 Å². The van der Waals surface area contributed by atoms with E-state index in [-0.39, 0.29) is 18.5 Å². The van der Waals surface area contributed by atoms with Crippen LogP contribution in [0, 0.1) is 17.0 Å². The fourth-order valence-corrected chi connectivity index (χ4v) is 3.16. The highest BCUT2D eigenvalue weighted by Gasteiger charge is 2.45. The van der Waals surface area contributed by atoms with Gasteiger partial charge in [0.15, 0.2) is 0 Å². The fourth-order valence-electron chi connectivity index (χ4n) is 3.16. The van der Waals surface area contributed by atoms with Gasteiger partial charge in [-0.3, -0.25) is 0 Å². The maximum Gasteiger partial charge on any atom is 0.129 e. The van der Waals surface area contributed by atoms with Gasteiger partial charge in [-0.05, 0) is 37.6 Å². The first-order chi connectivity index (χ1) is 8.65. The highest BCUT2D eigenvalue weighted by atomic mass is 35.5. The van der Waals surface area contributed by atoms with Crippen LogP contribution in [0.3, 0.4) is 0 Å². The predicted octanol–water partition coefficient (Wildman–Crippen LogP) is 3.30. The summed E-state index contributed by atoms with van der Waals surface area (Å²) in [6.45, 7) is 2.15. The molecular formula is C14H18ClF2NO. The molecule has 1 heterocycles. The number of benzene rings is 1. The van der Waals surface area contributed by atoms with Gasteiger partial charge in [-0.15, -0.1) is 12.4 Å². The van der Waals surface area contributed by atoms with Crippen LogP contribution in [0.15, 0.2) is 18.2 Å². The molecule has 1 spiro atoms. The molecule has 1 saturated carbocycles. The van der Waals surface area contributed by atoms with Gasteiger partial charge in [0.1, 0.15) is 17.4 Å². The van der Waals surface area contributed by atoms with Gasteiger partial charge < -0.3 is 10.1 Å². The summed E-state index contributed by atoms with van der Waals surface area (Å²) in [5, 5.41) is 3.40. The number of ether oxygens (including phenoxy) is 1. The molecule has 0 radical (unpaired) electrons. The zero-order chi connectivity index (χ0) is 12.6. The van der Waals surface area contributed by atoms with E-state index < -0.39 is 11.6 Å². The quantitative estimate of drug-likeness (QED) is 0.902. The topological polar surface area (TPSA) is 21.3 Å². The molecule has 1 aliphatic carbocycles. The first kappa shape index (κ1) is 14.5. The summed E-state index contributed by atoms with van der Waals surface area (Å²) in [6.07, 6.45) is 4.51. The largest absolute Gasteiger partial charge is 0.490 e. The summed E-state index contributed by atoms with van der Waals surface area (Å²) >= 11 is 0. The molecule has 0 bridgehead atoms. The average molecular weight is 290 g/mol. The van der Waals surface area contributed by atoms with Crippen LogP contribution in [0.4, 0.5) is 8.78 Å². The van der Waals surface area contributed by atoms with E-state index in [0.29, 0.717) is 11.2 Å². The third-order valence-electron chi connectivity index (χ3n) is 4.02. The standard InChI is InChI=1S/C14H17F2NO.ClH/c15-10-4-11(16)6-12(5-10)18-13-7-14(8-13)2-1-3-17-9-14;/h4-6,13,17H,1-3,7-9H2;1H. The van der Waals surface area contributed by atoms with Gasteiger partial charge in [-0.1, -0.05) is 0 Å². The zero-order valence-corrected chi connectivity index (χ0v) is 11.4. The van der Waals surface area contributed by atoms with Gasteiger partial charge in [-0.25, -0.2) is 8.78 Å². The Morgan fingerprint density at radius 2 is 1.84 bits per heavy atom. The number of nitrogens with one attached hydrogen (secondary N) is 1. The van der Waals surface area contributed by atoms with Crippen LogP contribution in [0.1, 0.15) is 25.7 Å². The Morgan fingerprint density at radius 3 is 2.42 bits per heavy atom. The van der Waals surface area contributed by atoms with Crippen LogP contribution in [0.5, 0.6) is 5.75 Å². The van der Waals surface area contributed by atoms with Crippen molar-refractivity contribution in [3.8, 4) is 5.75 Å². The maximum absolute atomic E-state index is 13.0. The number of hydrogen-bond acceptors (Lipinski definition) is 2. The van der Waals surface area contributed by atoms with Crippen LogP contribution in [0.25, 0.3) is 0 Å². The molecule has 19 heavy (non-hydrogen) atoms. The Hall–Kier alpha value is -0.870. The monoisotopic (exact) mass is 289 g/mol. The van der Waals surface area contributed by atoms with Crippen molar-refractivity contribution in [1.29, 1.82) is 0 Å². The lowest BCUT2D eigenvalue weighted by Gasteiger charge is -2.49. The Morgan fingerprint density at radius 1 is 1.16 bits per heavy atom. The lowest BCUT2D eigenvalue weighted by atomic mass is 9.63. The first-order valence-electron chi connectivity index (χ1n) is 6.49. The van der Waals surface area contributed by atoms with Crippen molar-refractivity contribution < 1.29 is 13.5 Å². The summed E-state index contributed by atoms with van der Waals surface area (Å²) in [5.41, 5.74) is 0.370. The molecule has 5 heteroatoms. The van der Waals surface area contributed by atoms with E-state index in [0.717, 1.165) is 32.0 Å². The molecule has 0 unspecified atom stereocenters. The van der Waals surface area contributed by atoms with E-state index in [1.807, 2.05) is 0 Å². The Kier molecular flexibility index (Phi) is 4.31. The van der Waals surface area contributed by atoms with Crippen LogP contribution in [-0.2, 0) is 0 Å². The molecule has 1 N–H and O–H groups in total. The van der Waals surface area contributed by atoms with Crippen LogP contribution >= 0.6 is 12.4 Å². The molecule has 1 aliphatic heterocycles. The Labute approximate surface area is 117 Å². The molecule has 1 saturated heterocycles. The molecule has 2 aliphatic rings. The predicted molar refractivity (Wildman–Crippen MR) is 71.8 cm³/mol. The molecule has 2 nitrogen and oxygen atoms in total. The molecule has 0 amide bonds. The minimum Gasteiger partial charge on any atom is -0.490 e. The van der Waals surface area contributed by atoms with Crippen molar-refractivity contribution in [2.75, 3.05) is 13.1 Å². The van der Waals surface area contributed by atoms with E-state index >= 15 is 0 Å². The third-order valence-corrected chi connectivity index (χ3v) is 4.02. The molecule has 0 aromatic heterocycles. The number of piperidine rings is 1. The summed E-state index contributed by atoms with van der Waals surface area (Å²) < 4.78 is 31.7. The Bertz CT molecular complexity index is 421. The molecule has 106 valence electrons. The van der Waals surface area contributed by atoms with E-state index in [4.69, 9.17) is 4.74 Å². The van der Waals surface area contributed by atoms with Gasteiger partial charge in [0, 0.05) is 24.7 Å². The van der Waals surface area contributed by atoms with Gasteiger partial charge in [0.25, 0.3) is 0 Å². The third kappa shape index (κ3) is 3.18. The molecule has 2 fully saturated rings. The minimum atomic E-state index is -0.585. The molecule has 0 atom stereocenters.